The number of ether oxygens (including phenoxy) is 2. The molecule has 8 heteroatoms. The Balaban J connectivity index is 1.69. The maximum absolute atomic E-state index is 12.8. The highest BCUT2D eigenvalue weighted by Crippen LogP contribution is 2.24. The topological polar surface area (TPSA) is 93.7 Å². The number of aryl methyl sites for hydroxylation is 1. The minimum Gasteiger partial charge on any atom is -0.482 e. The maximum atomic E-state index is 12.8. The zero-order valence-corrected chi connectivity index (χ0v) is 17.2. The Labute approximate surface area is 174 Å². The Kier molecular flexibility index (Phi) is 8.34. The molecule has 0 radical (unpaired) electrons. The van der Waals surface area contributed by atoms with E-state index in [9.17, 15) is 18.8 Å². The number of hydrogen-bond acceptors (Lipinski definition) is 5. The molecule has 160 valence electrons. The van der Waals surface area contributed by atoms with Crippen molar-refractivity contribution in [2.45, 2.75) is 26.7 Å². The molecule has 0 spiro atoms. The number of esters is 1. The van der Waals surface area contributed by atoms with E-state index in [1.165, 1.54) is 24.3 Å². The number of amides is 2. The Morgan fingerprint density at radius 3 is 2.37 bits per heavy atom. The van der Waals surface area contributed by atoms with Gasteiger partial charge in [0.25, 0.3) is 5.91 Å². The molecule has 0 saturated heterocycles. The number of nitrogens with one attached hydrogen (secondary N) is 2. The lowest BCUT2D eigenvalue weighted by Gasteiger charge is -2.12. The van der Waals surface area contributed by atoms with Crippen LogP contribution in [0.1, 0.15) is 30.9 Å². The smallest absolute Gasteiger partial charge is 0.344 e. The molecule has 0 aliphatic rings. The first kappa shape index (κ1) is 22.9. The lowest BCUT2D eigenvalue weighted by Crippen LogP contribution is -2.36. The van der Waals surface area contributed by atoms with Crippen molar-refractivity contribution in [1.29, 1.82) is 0 Å². The first-order valence-corrected chi connectivity index (χ1v) is 9.45. The van der Waals surface area contributed by atoms with Gasteiger partial charge in [-0.15, -0.1) is 0 Å². The van der Waals surface area contributed by atoms with E-state index in [2.05, 4.69) is 24.5 Å². The van der Waals surface area contributed by atoms with Crippen molar-refractivity contribution in [3.05, 3.63) is 59.4 Å². The number of hydrogen-bond donors (Lipinski definition) is 2. The molecular weight excluding hydrogens is 391 g/mol. The Hall–Kier alpha value is -3.42. The SMILES string of the molecule is Cc1ccc(C(C)C)cc1OCC(=O)OCC(=O)NCC(=O)Nc1ccc(F)cc1. The summed E-state index contributed by atoms with van der Waals surface area (Å²) in [5, 5.41) is 4.83. The van der Waals surface area contributed by atoms with Crippen LogP contribution in [-0.4, -0.2) is 37.5 Å². The van der Waals surface area contributed by atoms with Gasteiger partial charge in [-0.2, -0.15) is 0 Å². The minimum atomic E-state index is -0.699. The molecule has 2 aromatic carbocycles. The number of carbonyl (C=O) groups is 3. The van der Waals surface area contributed by atoms with Gasteiger partial charge in [0.1, 0.15) is 11.6 Å². The van der Waals surface area contributed by atoms with E-state index in [-0.39, 0.29) is 13.2 Å². The molecule has 0 atom stereocenters. The lowest BCUT2D eigenvalue weighted by molar-refractivity contribution is -0.150. The molecule has 0 unspecified atom stereocenters. The molecule has 2 amide bonds. The molecule has 0 heterocycles. The van der Waals surface area contributed by atoms with E-state index in [1.54, 1.807) is 0 Å². The highest BCUT2D eigenvalue weighted by Gasteiger charge is 2.12. The van der Waals surface area contributed by atoms with Gasteiger partial charge >= 0.3 is 5.97 Å². The maximum Gasteiger partial charge on any atom is 0.344 e. The molecule has 2 N–H and O–H groups in total. The fraction of sp³-hybridized carbons (Fsp3) is 0.318. The number of anilines is 1. The van der Waals surface area contributed by atoms with Gasteiger partial charge in [-0.3, -0.25) is 9.59 Å². The standard InChI is InChI=1S/C22H25FN2O5/c1-14(2)16-5-4-15(3)19(10-16)29-13-22(28)30-12-21(27)24-11-20(26)25-18-8-6-17(23)7-9-18/h4-10,14H,11-13H2,1-3H3,(H,24,27)(H,25,26). The number of halogens is 1. The van der Waals surface area contributed by atoms with E-state index in [0.717, 1.165) is 11.1 Å². The second-order valence-electron chi connectivity index (χ2n) is 6.96. The van der Waals surface area contributed by atoms with Crippen molar-refractivity contribution < 1.29 is 28.2 Å². The Bertz CT molecular complexity index is 897. The Morgan fingerprint density at radius 1 is 1.00 bits per heavy atom. The van der Waals surface area contributed by atoms with Crippen molar-refractivity contribution in [2.75, 3.05) is 25.1 Å². The van der Waals surface area contributed by atoms with Gasteiger partial charge in [-0.1, -0.05) is 26.0 Å². The molecule has 0 fully saturated rings. The summed E-state index contributed by atoms with van der Waals surface area (Å²) < 4.78 is 23.2. The van der Waals surface area contributed by atoms with Crippen LogP contribution in [0.3, 0.4) is 0 Å². The fourth-order valence-electron chi connectivity index (χ4n) is 2.42. The third-order valence-electron chi connectivity index (χ3n) is 4.16. The second kappa shape index (κ2) is 10.9. The van der Waals surface area contributed by atoms with Crippen LogP contribution in [0.4, 0.5) is 10.1 Å². The predicted molar refractivity (Wildman–Crippen MR) is 110 cm³/mol. The summed E-state index contributed by atoms with van der Waals surface area (Å²) in [5.74, 6) is -1.34. The summed E-state index contributed by atoms with van der Waals surface area (Å²) in [7, 11) is 0. The molecule has 0 saturated carbocycles. The summed E-state index contributed by atoms with van der Waals surface area (Å²) in [6.07, 6.45) is 0. The quantitative estimate of drug-likeness (QED) is 0.613. The first-order valence-electron chi connectivity index (χ1n) is 9.45. The molecule has 30 heavy (non-hydrogen) atoms. The first-order chi connectivity index (χ1) is 14.2. The van der Waals surface area contributed by atoms with Gasteiger partial charge < -0.3 is 20.1 Å². The molecule has 2 rings (SSSR count). The van der Waals surface area contributed by atoms with E-state index in [0.29, 0.717) is 17.4 Å². The van der Waals surface area contributed by atoms with Gasteiger partial charge in [0.2, 0.25) is 5.91 Å². The monoisotopic (exact) mass is 416 g/mol. The molecule has 0 bridgehead atoms. The van der Waals surface area contributed by atoms with Crippen LogP contribution in [-0.2, 0) is 19.1 Å². The fourth-order valence-corrected chi connectivity index (χ4v) is 2.42. The highest BCUT2D eigenvalue weighted by molar-refractivity contribution is 5.94. The third kappa shape index (κ3) is 7.54. The molecule has 0 aromatic heterocycles. The molecule has 0 aliphatic heterocycles. The van der Waals surface area contributed by atoms with E-state index >= 15 is 0 Å². The van der Waals surface area contributed by atoms with Crippen LogP contribution in [0, 0.1) is 12.7 Å². The van der Waals surface area contributed by atoms with E-state index < -0.39 is 30.2 Å². The van der Waals surface area contributed by atoms with Gasteiger partial charge in [0, 0.05) is 5.69 Å². The predicted octanol–water partition coefficient (Wildman–Crippen LogP) is 2.93. The van der Waals surface area contributed by atoms with Crippen LogP contribution >= 0.6 is 0 Å². The summed E-state index contributed by atoms with van der Waals surface area (Å²) in [6, 6.07) is 11.0. The summed E-state index contributed by atoms with van der Waals surface area (Å²) in [6.45, 7) is 4.81. The van der Waals surface area contributed by atoms with E-state index in [1.807, 2.05) is 25.1 Å². The van der Waals surface area contributed by atoms with Crippen LogP contribution < -0.4 is 15.4 Å². The normalized spacial score (nSPS) is 10.4. The van der Waals surface area contributed by atoms with Crippen molar-refractivity contribution in [2.24, 2.45) is 0 Å². The van der Waals surface area contributed by atoms with Gasteiger partial charge in [0.05, 0.1) is 6.54 Å². The number of rotatable bonds is 9. The summed E-state index contributed by atoms with van der Waals surface area (Å²) in [4.78, 5) is 35.3. The molecule has 7 nitrogen and oxygen atoms in total. The van der Waals surface area contributed by atoms with Crippen LogP contribution in [0.25, 0.3) is 0 Å². The van der Waals surface area contributed by atoms with Crippen molar-refractivity contribution in [3.63, 3.8) is 0 Å². The molecule has 0 aliphatic carbocycles. The molecular formula is C22H25FN2O5. The minimum absolute atomic E-state index is 0.314. The van der Waals surface area contributed by atoms with Crippen LogP contribution in [0.15, 0.2) is 42.5 Å². The Morgan fingerprint density at radius 2 is 1.70 bits per heavy atom. The highest BCUT2D eigenvalue weighted by atomic mass is 19.1. The largest absolute Gasteiger partial charge is 0.482 e. The lowest BCUT2D eigenvalue weighted by atomic mass is 10.0. The zero-order valence-electron chi connectivity index (χ0n) is 17.2. The zero-order chi connectivity index (χ0) is 22.1. The van der Waals surface area contributed by atoms with Crippen molar-refractivity contribution in [3.8, 4) is 5.75 Å². The second-order valence-corrected chi connectivity index (χ2v) is 6.96. The van der Waals surface area contributed by atoms with Crippen molar-refractivity contribution >= 4 is 23.5 Å². The van der Waals surface area contributed by atoms with Gasteiger partial charge in [-0.05, 0) is 54.3 Å². The number of carbonyl (C=O) groups excluding carboxylic acids is 3. The van der Waals surface area contributed by atoms with Crippen LogP contribution in [0.5, 0.6) is 5.75 Å². The van der Waals surface area contributed by atoms with E-state index in [4.69, 9.17) is 9.47 Å². The average molecular weight is 416 g/mol. The average Bonchev–Trinajstić information content (AvgIpc) is 2.71. The third-order valence-corrected chi connectivity index (χ3v) is 4.16. The summed E-state index contributed by atoms with van der Waals surface area (Å²) in [5.41, 5.74) is 2.37. The number of benzene rings is 2. The van der Waals surface area contributed by atoms with Gasteiger partial charge in [0.15, 0.2) is 13.2 Å². The van der Waals surface area contributed by atoms with Crippen LogP contribution in [0.2, 0.25) is 0 Å². The van der Waals surface area contributed by atoms with Gasteiger partial charge in [-0.25, -0.2) is 9.18 Å². The molecule has 2 aromatic rings. The van der Waals surface area contributed by atoms with Crippen molar-refractivity contribution in [1.82, 2.24) is 5.32 Å². The summed E-state index contributed by atoms with van der Waals surface area (Å²) >= 11 is 0.